The van der Waals surface area contributed by atoms with Gasteiger partial charge in [-0.15, -0.1) is 0 Å². The standard InChI is InChI=1S/C19H30O/c1-5-6-16-7-9-17(10-8-16)19(20)18-12-14(3)13(2)11-15(18)4/h11-12,16-17,19-20H,5-10H2,1-4H3. The molecule has 1 unspecified atom stereocenters. The number of benzene rings is 1. The highest BCUT2D eigenvalue weighted by Gasteiger charge is 2.27. The van der Waals surface area contributed by atoms with E-state index in [-0.39, 0.29) is 6.10 Å². The highest BCUT2D eigenvalue weighted by atomic mass is 16.3. The molecule has 0 spiro atoms. The van der Waals surface area contributed by atoms with Crippen LogP contribution in [0.1, 0.15) is 73.8 Å². The molecule has 1 heteroatoms. The molecule has 1 saturated carbocycles. The van der Waals surface area contributed by atoms with Crippen LogP contribution in [0.3, 0.4) is 0 Å². The van der Waals surface area contributed by atoms with E-state index >= 15 is 0 Å². The number of hydrogen-bond acceptors (Lipinski definition) is 1. The predicted octanol–water partition coefficient (Wildman–Crippen LogP) is 5.25. The van der Waals surface area contributed by atoms with Gasteiger partial charge in [0.25, 0.3) is 0 Å². The van der Waals surface area contributed by atoms with E-state index in [2.05, 4.69) is 39.8 Å². The Morgan fingerprint density at radius 1 is 1.00 bits per heavy atom. The average molecular weight is 274 g/mol. The molecule has 1 atom stereocenters. The normalized spacial score (nSPS) is 24.6. The predicted molar refractivity (Wildman–Crippen MR) is 86.0 cm³/mol. The van der Waals surface area contributed by atoms with Gasteiger partial charge in [0.15, 0.2) is 0 Å². The van der Waals surface area contributed by atoms with E-state index in [9.17, 15) is 5.11 Å². The quantitative estimate of drug-likeness (QED) is 0.795. The number of aliphatic hydroxyl groups excluding tert-OH is 1. The SMILES string of the molecule is CCCC1CCC(C(O)c2cc(C)c(C)cc2C)CC1. The maximum atomic E-state index is 10.8. The van der Waals surface area contributed by atoms with Crippen LogP contribution >= 0.6 is 0 Å². The first-order valence-corrected chi connectivity index (χ1v) is 8.28. The molecule has 1 aromatic rings. The molecule has 0 radical (unpaired) electrons. The van der Waals surface area contributed by atoms with Crippen molar-refractivity contribution in [3.05, 3.63) is 34.4 Å². The second-order valence-corrected chi connectivity index (χ2v) is 6.81. The lowest BCUT2D eigenvalue weighted by atomic mass is 9.76. The molecule has 0 saturated heterocycles. The van der Waals surface area contributed by atoms with Gasteiger partial charge in [0.05, 0.1) is 6.10 Å². The van der Waals surface area contributed by atoms with Crippen molar-refractivity contribution in [1.29, 1.82) is 0 Å². The van der Waals surface area contributed by atoms with Gasteiger partial charge in [-0.3, -0.25) is 0 Å². The van der Waals surface area contributed by atoms with Crippen molar-refractivity contribution >= 4 is 0 Å². The van der Waals surface area contributed by atoms with Crippen molar-refractivity contribution in [3.63, 3.8) is 0 Å². The fourth-order valence-electron chi connectivity index (χ4n) is 3.76. The van der Waals surface area contributed by atoms with Crippen molar-refractivity contribution in [2.24, 2.45) is 11.8 Å². The Bertz CT molecular complexity index is 441. The summed E-state index contributed by atoms with van der Waals surface area (Å²) in [4.78, 5) is 0. The van der Waals surface area contributed by atoms with Crippen LogP contribution < -0.4 is 0 Å². The second-order valence-electron chi connectivity index (χ2n) is 6.81. The molecule has 0 bridgehead atoms. The third kappa shape index (κ3) is 3.44. The molecule has 0 aromatic heterocycles. The molecule has 1 aromatic carbocycles. The van der Waals surface area contributed by atoms with Crippen LogP contribution in [-0.2, 0) is 0 Å². The Balaban J connectivity index is 2.05. The lowest BCUT2D eigenvalue weighted by Gasteiger charge is -2.32. The van der Waals surface area contributed by atoms with Gasteiger partial charge in [-0.1, -0.05) is 44.7 Å². The minimum absolute atomic E-state index is 0.267. The average Bonchev–Trinajstić information content (AvgIpc) is 2.43. The van der Waals surface area contributed by atoms with Crippen LogP contribution in [0, 0.1) is 32.6 Å². The summed E-state index contributed by atoms with van der Waals surface area (Å²) in [7, 11) is 0. The monoisotopic (exact) mass is 274 g/mol. The molecular weight excluding hydrogens is 244 g/mol. The Morgan fingerprint density at radius 2 is 1.60 bits per heavy atom. The first kappa shape index (κ1) is 15.6. The molecular formula is C19H30O. The molecule has 112 valence electrons. The molecule has 1 aliphatic carbocycles. The Morgan fingerprint density at radius 3 is 2.20 bits per heavy atom. The van der Waals surface area contributed by atoms with Crippen molar-refractivity contribution < 1.29 is 5.11 Å². The van der Waals surface area contributed by atoms with Crippen LogP contribution in [0.5, 0.6) is 0 Å². The third-order valence-electron chi connectivity index (χ3n) is 5.24. The first-order valence-electron chi connectivity index (χ1n) is 8.28. The Hall–Kier alpha value is -0.820. The topological polar surface area (TPSA) is 20.2 Å². The smallest absolute Gasteiger partial charge is 0.0820 e. The van der Waals surface area contributed by atoms with Crippen LogP contribution in [0.2, 0.25) is 0 Å². The van der Waals surface area contributed by atoms with Gasteiger partial charge in [0, 0.05) is 0 Å². The number of hydrogen-bond donors (Lipinski definition) is 1. The molecule has 1 fully saturated rings. The summed E-state index contributed by atoms with van der Waals surface area (Å²) in [6.45, 7) is 8.70. The summed E-state index contributed by atoms with van der Waals surface area (Å²) in [5.74, 6) is 1.37. The molecule has 0 amide bonds. The zero-order valence-electron chi connectivity index (χ0n) is 13.6. The van der Waals surface area contributed by atoms with Crippen molar-refractivity contribution in [2.45, 2.75) is 72.3 Å². The van der Waals surface area contributed by atoms with Crippen LogP contribution in [0.4, 0.5) is 0 Å². The summed E-state index contributed by atoms with van der Waals surface area (Å²) in [6.07, 6.45) is 7.39. The van der Waals surface area contributed by atoms with E-state index in [0.717, 1.165) is 11.5 Å². The van der Waals surface area contributed by atoms with Crippen LogP contribution in [0.15, 0.2) is 12.1 Å². The van der Waals surface area contributed by atoms with E-state index in [4.69, 9.17) is 0 Å². The van der Waals surface area contributed by atoms with Crippen molar-refractivity contribution in [1.82, 2.24) is 0 Å². The summed E-state index contributed by atoms with van der Waals surface area (Å²) in [5, 5.41) is 10.8. The molecule has 0 aliphatic heterocycles. The molecule has 1 aliphatic rings. The zero-order chi connectivity index (χ0) is 14.7. The first-order chi connectivity index (χ1) is 9.52. The van der Waals surface area contributed by atoms with Gasteiger partial charge < -0.3 is 5.11 Å². The lowest BCUT2D eigenvalue weighted by Crippen LogP contribution is -2.21. The van der Waals surface area contributed by atoms with Gasteiger partial charge >= 0.3 is 0 Å². The molecule has 1 N–H and O–H groups in total. The maximum absolute atomic E-state index is 10.8. The van der Waals surface area contributed by atoms with Gasteiger partial charge in [0.1, 0.15) is 0 Å². The van der Waals surface area contributed by atoms with E-state index in [1.54, 1.807) is 0 Å². The maximum Gasteiger partial charge on any atom is 0.0820 e. The minimum Gasteiger partial charge on any atom is -0.388 e. The summed E-state index contributed by atoms with van der Waals surface area (Å²) in [5.41, 5.74) is 5.03. The van der Waals surface area contributed by atoms with E-state index in [0.29, 0.717) is 5.92 Å². The number of rotatable bonds is 4. The van der Waals surface area contributed by atoms with Gasteiger partial charge in [0.2, 0.25) is 0 Å². The second kappa shape index (κ2) is 6.76. The number of aliphatic hydroxyl groups is 1. The molecule has 0 heterocycles. The summed E-state index contributed by atoms with van der Waals surface area (Å²) < 4.78 is 0. The molecule has 1 nitrogen and oxygen atoms in total. The van der Waals surface area contributed by atoms with Crippen LogP contribution in [-0.4, -0.2) is 5.11 Å². The Kier molecular flexibility index (Phi) is 5.26. The highest BCUT2D eigenvalue weighted by Crippen LogP contribution is 2.39. The third-order valence-corrected chi connectivity index (χ3v) is 5.24. The van der Waals surface area contributed by atoms with Crippen molar-refractivity contribution in [3.8, 4) is 0 Å². The lowest BCUT2D eigenvalue weighted by molar-refractivity contribution is 0.0717. The van der Waals surface area contributed by atoms with Gasteiger partial charge in [-0.05, 0) is 67.7 Å². The zero-order valence-corrected chi connectivity index (χ0v) is 13.6. The molecule has 2 rings (SSSR count). The van der Waals surface area contributed by atoms with Gasteiger partial charge in [-0.2, -0.15) is 0 Å². The van der Waals surface area contributed by atoms with Crippen molar-refractivity contribution in [2.75, 3.05) is 0 Å². The fourth-order valence-corrected chi connectivity index (χ4v) is 3.76. The van der Waals surface area contributed by atoms with E-state index in [1.165, 1.54) is 55.2 Å². The molecule has 20 heavy (non-hydrogen) atoms. The number of aryl methyl sites for hydroxylation is 3. The minimum atomic E-state index is -0.267. The highest BCUT2D eigenvalue weighted by molar-refractivity contribution is 5.37. The fraction of sp³-hybridized carbons (Fsp3) is 0.684. The summed E-state index contributed by atoms with van der Waals surface area (Å²) in [6, 6.07) is 4.42. The van der Waals surface area contributed by atoms with Crippen LogP contribution in [0.25, 0.3) is 0 Å². The Labute approximate surface area is 124 Å². The van der Waals surface area contributed by atoms with Gasteiger partial charge in [-0.25, -0.2) is 0 Å². The largest absolute Gasteiger partial charge is 0.388 e. The van der Waals surface area contributed by atoms with E-state index < -0.39 is 0 Å². The van der Waals surface area contributed by atoms with E-state index in [1.807, 2.05) is 0 Å². The summed E-state index contributed by atoms with van der Waals surface area (Å²) >= 11 is 0.